The Hall–Kier alpha value is -8.74. The molecule has 0 radical (unpaired) electrons. The summed E-state index contributed by atoms with van der Waals surface area (Å²) in [6.07, 6.45) is 2.33. The fourth-order valence-corrected chi connectivity index (χ4v) is 9.09. The zero-order valence-corrected chi connectivity index (χ0v) is 63.4. The summed E-state index contributed by atoms with van der Waals surface area (Å²) in [5, 5.41) is 24.7. The van der Waals surface area contributed by atoms with Gasteiger partial charge in [0.15, 0.2) is 75.0 Å². The van der Waals surface area contributed by atoms with Gasteiger partial charge in [-0.1, -0.05) is 95.4 Å². The second kappa shape index (κ2) is 34.8. The number of benzene rings is 4. The second-order valence-corrected chi connectivity index (χ2v) is 55.2. The molecule has 27 nitrogen and oxygen atoms in total. The van der Waals surface area contributed by atoms with E-state index in [0.29, 0.717) is 44.4 Å². The number of pyridine rings is 3. The molecule has 0 fully saturated rings. The first kappa shape index (κ1) is 76.0. The van der Waals surface area contributed by atoms with E-state index in [0.717, 1.165) is 18.6 Å². The molecule has 0 unspecified atom stereocenters. The van der Waals surface area contributed by atoms with Crippen molar-refractivity contribution in [2.75, 3.05) is 57.5 Å². The van der Waals surface area contributed by atoms with Gasteiger partial charge in [-0.05, 0) is 53.5 Å². The summed E-state index contributed by atoms with van der Waals surface area (Å²) in [4.78, 5) is 50.4. The number of nitrogens with one attached hydrogen (secondary N) is 1. The molecule has 1 amide bonds. The molecule has 15 N–H and O–H groups in total. The van der Waals surface area contributed by atoms with Crippen molar-refractivity contribution in [1.82, 2.24) is 74.2 Å². The number of ether oxygens (including phenoxy) is 1. The van der Waals surface area contributed by atoms with Gasteiger partial charge in [-0.15, -0.1) is 29.1 Å². The van der Waals surface area contributed by atoms with Gasteiger partial charge in [0.2, 0.25) is 0 Å². The summed E-state index contributed by atoms with van der Waals surface area (Å²) in [5.41, 5.74) is 44.6. The fraction of sp³-hybridized carbons (Fsp3) is 0.0833. The van der Waals surface area contributed by atoms with Gasteiger partial charge < -0.3 is 44.9 Å². The van der Waals surface area contributed by atoms with Gasteiger partial charge >= 0.3 is 71.0 Å². The van der Waals surface area contributed by atoms with Crippen LogP contribution in [0.3, 0.4) is 0 Å². The Kier molecular flexibility index (Phi) is 26.8. The van der Waals surface area contributed by atoms with Gasteiger partial charge in [0.1, 0.15) is 63.4 Å². The number of azo groups is 1. The minimum atomic E-state index is -0.805. The molecular weight excluding hydrogens is 1900 g/mol. The molecule has 13 aromatic rings. The number of hydrogen-bond donors (Lipinski definition) is 8. The number of alkyl halides is 1. The van der Waals surface area contributed by atoms with E-state index in [1.54, 1.807) is 66.7 Å². The van der Waals surface area contributed by atoms with Crippen molar-refractivity contribution in [1.29, 1.82) is 0 Å². The first-order valence-corrected chi connectivity index (χ1v) is 43.5. The number of carbonyl (C=O) groups is 1. The molecule has 0 saturated carbocycles. The van der Waals surface area contributed by atoms with Crippen molar-refractivity contribution in [3.05, 3.63) is 192 Å². The van der Waals surface area contributed by atoms with Gasteiger partial charge in [-0.2, -0.15) is 20.4 Å². The normalized spacial score (nSPS) is 10.8. The molecule has 99 heavy (non-hydrogen) atoms. The van der Waals surface area contributed by atoms with E-state index in [2.05, 4.69) is 163 Å². The molecule has 0 aliphatic heterocycles. The van der Waals surface area contributed by atoms with Crippen molar-refractivity contribution >= 4 is 203 Å². The standard InChI is InChI=1S/C23H17F2N9.C19H16F2N8O2.C17H14F2N8.CH3I.4HI.V/c24-14-10-16-18(33-34(23(16)28-11-14)12-13-6-4-5-9-17(13)25)22-29-20(26)19(21(27)30-22)32-31-15-7-2-1-3-8-15;1-31-19(30)25-14-15(22)26-17(27-16(14)23)13-11-6-10(20)7-24-18(11)29(28-13)8-9-4-2-3-5-12(9)21;18-9-5-10-13(16-24-14(21)12(20)15(22)25-16)26-27(17(10)23-6-9)7-8-3-1-2-4-11(8)19;1-2;;;;;/h1-11H,12H2,(H4,26,27,29,30);2-7H,8H2,1H3,(H,25,30)(H4,22,23,26,27);1-6H,7,20H2,(H4,21,22,24,25);1H3;4*1H;/q;;;;;;;;+3/p-3. The molecule has 0 spiro atoms. The molecule has 9 heterocycles. The number of aromatic nitrogens is 15. The van der Waals surface area contributed by atoms with Crippen LogP contribution in [0.4, 0.5) is 88.8 Å². The SMILES string of the molecule is CI.COC(=O)Nc1c(N)nc(-c2nn(Cc3ccccc3F)c3ncc(F)cc23)nc1N.I.Nc1nc(-c2nn(Cc3ccccc3F)c3ncc(F)cc23)nc(N)c1N.Nc1nc(-c2nn(Cc3ccccc3F)c3ncc(F)cc23)nc(N)c1N=Nc1ccccc1.[I][V]([I])[I]. The molecule has 0 saturated heterocycles. The summed E-state index contributed by atoms with van der Waals surface area (Å²) >= 11 is 9.54. The monoisotopic (exact) mass is 1950 g/mol. The zero-order valence-electron chi connectivity index (χ0n) is 51.0. The number of rotatable bonds is 12. The molecule has 0 bridgehead atoms. The van der Waals surface area contributed by atoms with Crippen molar-refractivity contribution in [3.8, 4) is 34.6 Å². The Morgan fingerprint density at radius 1 is 0.485 bits per heavy atom. The van der Waals surface area contributed by atoms with E-state index in [9.17, 15) is 31.1 Å². The summed E-state index contributed by atoms with van der Waals surface area (Å²) in [6, 6.07) is 31.5. The van der Waals surface area contributed by atoms with E-state index < -0.39 is 35.2 Å². The van der Waals surface area contributed by atoms with E-state index in [-0.39, 0.29) is 152 Å². The Bertz CT molecular complexity index is 5010. The number of fused-ring (bicyclic) bond motifs is 3. The van der Waals surface area contributed by atoms with E-state index in [1.165, 1.54) is 57.6 Å². The molecular formula is C60H51F6I5N25O2V. The van der Waals surface area contributed by atoms with Crippen LogP contribution < -0.4 is 45.5 Å². The van der Waals surface area contributed by atoms with Gasteiger partial charge in [0.05, 0.1) is 67.2 Å². The maximum atomic E-state index is 14.2. The number of carbonyl (C=O) groups excluding carboxylic acids is 1. The molecule has 9 aromatic heterocycles. The third-order valence-corrected chi connectivity index (χ3v) is 13.5. The number of hydrogen-bond acceptors (Lipinski definition) is 23. The Morgan fingerprint density at radius 3 is 1.13 bits per heavy atom. The van der Waals surface area contributed by atoms with Crippen LogP contribution in [0.5, 0.6) is 0 Å². The second-order valence-electron chi connectivity index (χ2n) is 19.8. The van der Waals surface area contributed by atoms with Crippen molar-refractivity contribution < 1.29 is 40.8 Å². The van der Waals surface area contributed by atoms with Crippen LogP contribution in [0.2, 0.25) is 0 Å². The zero-order chi connectivity index (χ0) is 70.5. The molecule has 4 aromatic carbocycles. The number of halogens is 11. The van der Waals surface area contributed by atoms with Crippen LogP contribution in [0.25, 0.3) is 67.7 Å². The molecule has 510 valence electrons. The summed E-state index contributed by atoms with van der Waals surface area (Å²) in [5.74, 6) is -3.21. The molecule has 0 atom stereocenters. The van der Waals surface area contributed by atoms with E-state index in [4.69, 9.17) is 40.1 Å². The first-order valence-electron chi connectivity index (χ1n) is 27.8. The Labute approximate surface area is 625 Å². The first-order chi connectivity index (χ1) is 47.0. The molecule has 13 rings (SSSR count). The minimum absolute atomic E-state index is 0. The molecule has 39 heteroatoms. The van der Waals surface area contributed by atoms with Crippen LogP contribution in [0, 0.1) is 34.9 Å². The van der Waals surface area contributed by atoms with Gasteiger partial charge in [-0.3, -0.25) is 5.32 Å². The average molecular weight is 1950 g/mol. The fourth-order valence-electron chi connectivity index (χ4n) is 9.09. The average Bonchev–Trinajstić information content (AvgIpc) is 1.65. The third kappa shape index (κ3) is 18.8. The van der Waals surface area contributed by atoms with Gasteiger partial charge in [0.25, 0.3) is 0 Å². The summed E-state index contributed by atoms with van der Waals surface area (Å²) in [6.45, 7) is 0.187. The van der Waals surface area contributed by atoms with E-state index >= 15 is 0 Å². The van der Waals surface area contributed by atoms with Crippen molar-refractivity contribution in [3.63, 3.8) is 0 Å². The number of methoxy groups -OCH3 is 1. The predicted molar refractivity (Wildman–Crippen MR) is 407 cm³/mol. The number of amides is 1. The quantitative estimate of drug-likeness (QED) is 0.0244. The summed E-state index contributed by atoms with van der Waals surface area (Å²) < 4.78 is 92.9. The Morgan fingerprint density at radius 2 is 0.798 bits per heavy atom. The van der Waals surface area contributed by atoms with Crippen LogP contribution in [-0.2, 0) is 29.3 Å². The van der Waals surface area contributed by atoms with Gasteiger partial charge in [0, 0.05) is 16.7 Å². The molecule has 0 aliphatic rings. The van der Waals surface area contributed by atoms with Crippen molar-refractivity contribution in [2.45, 2.75) is 19.6 Å². The number of nitrogen functional groups attached to an aromatic ring is 7. The predicted octanol–water partition coefficient (Wildman–Crippen LogP) is 13.6. The van der Waals surface area contributed by atoms with Gasteiger partial charge in [-0.25, -0.2) is 90.0 Å². The summed E-state index contributed by atoms with van der Waals surface area (Å²) in [7, 11) is 1.17. The number of nitrogens with two attached hydrogens (primary N) is 7. The number of nitrogens with zero attached hydrogens (tertiary/aromatic N) is 17. The maximum absolute atomic E-state index is 14.2. The third-order valence-electron chi connectivity index (χ3n) is 13.5. The molecule has 0 aliphatic carbocycles. The van der Waals surface area contributed by atoms with Crippen LogP contribution in [-0.4, -0.2) is 92.3 Å². The van der Waals surface area contributed by atoms with Crippen LogP contribution in [0.15, 0.2) is 150 Å². The van der Waals surface area contributed by atoms with E-state index in [1.807, 2.05) is 23.1 Å². The number of anilines is 8. The van der Waals surface area contributed by atoms with Crippen molar-refractivity contribution in [2.24, 2.45) is 10.2 Å². The van der Waals surface area contributed by atoms with Crippen LogP contribution in [0.1, 0.15) is 16.7 Å². The topological polar surface area (TPSA) is 415 Å². The van der Waals surface area contributed by atoms with Crippen LogP contribution >= 0.6 is 107 Å². The Balaban J connectivity index is 0.000000182.